The summed E-state index contributed by atoms with van der Waals surface area (Å²) >= 11 is 9.33. The molecule has 0 saturated heterocycles. The van der Waals surface area contributed by atoms with Crippen LogP contribution in [0.25, 0.3) is 0 Å². The molecule has 0 radical (unpaired) electrons. The van der Waals surface area contributed by atoms with E-state index in [-0.39, 0.29) is 11.8 Å². The predicted octanol–water partition coefficient (Wildman–Crippen LogP) is 3.55. The Morgan fingerprint density at radius 2 is 2.00 bits per heavy atom. The highest BCUT2D eigenvalue weighted by Gasteiger charge is 2.13. The first-order chi connectivity index (χ1) is 9.45. The van der Waals surface area contributed by atoms with Gasteiger partial charge in [0, 0.05) is 31.5 Å². The first-order valence-electron chi connectivity index (χ1n) is 6.32. The molecule has 1 N–H and O–H groups in total. The van der Waals surface area contributed by atoms with Crippen LogP contribution >= 0.6 is 27.5 Å². The summed E-state index contributed by atoms with van der Waals surface area (Å²) < 4.78 is 0. The lowest BCUT2D eigenvalue weighted by Crippen LogP contribution is -2.22. The van der Waals surface area contributed by atoms with E-state index < -0.39 is 0 Å². The highest BCUT2D eigenvalue weighted by Crippen LogP contribution is 2.22. The molecule has 0 aliphatic carbocycles. The summed E-state index contributed by atoms with van der Waals surface area (Å²) in [6, 6.07) is 4.91. The highest BCUT2D eigenvalue weighted by atomic mass is 79.9. The average molecular weight is 362 g/mol. The number of halogens is 2. The number of anilines is 1. The maximum Gasteiger partial charge on any atom is 0.254 e. The fourth-order valence-electron chi connectivity index (χ4n) is 1.61. The van der Waals surface area contributed by atoms with Gasteiger partial charge in [0.2, 0.25) is 5.91 Å². The van der Waals surface area contributed by atoms with Gasteiger partial charge in [-0.15, -0.1) is 0 Å². The molecule has 0 unspecified atom stereocenters. The number of carbonyl (C=O) groups excluding carboxylic acids is 2. The Morgan fingerprint density at radius 1 is 1.30 bits per heavy atom. The fourth-order valence-corrected chi connectivity index (χ4v) is 2.21. The molecule has 110 valence electrons. The minimum atomic E-state index is -0.189. The van der Waals surface area contributed by atoms with E-state index in [9.17, 15) is 9.59 Å². The van der Waals surface area contributed by atoms with Crippen LogP contribution in [0.3, 0.4) is 0 Å². The second-order valence-corrected chi connectivity index (χ2v) is 5.79. The quantitative estimate of drug-likeness (QED) is 0.622. The zero-order valence-corrected chi connectivity index (χ0v) is 13.9. The lowest BCUT2D eigenvalue weighted by atomic mass is 10.1. The number of nitrogens with zero attached hydrogens (tertiary/aromatic N) is 1. The molecule has 2 amide bonds. The smallest absolute Gasteiger partial charge is 0.254 e. The van der Waals surface area contributed by atoms with Crippen LogP contribution in [0.1, 0.15) is 29.6 Å². The number of benzene rings is 1. The van der Waals surface area contributed by atoms with Crippen molar-refractivity contribution in [2.24, 2.45) is 0 Å². The number of amides is 2. The molecular weight excluding hydrogens is 344 g/mol. The van der Waals surface area contributed by atoms with Gasteiger partial charge in [-0.25, -0.2) is 0 Å². The van der Waals surface area contributed by atoms with E-state index in [4.69, 9.17) is 11.6 Å². The second kappa shape index (κ2) is 8.27. The Labute approximate surface area is 132 Å². The standard InChI is InChI=1S/C14H18BrClN2O2/c1-18(2)14(20)11-9-10(6-7-12(11)16)17-13(19)5-3-4-8-15/h6-7,9H,3-5,8H2,1-2H3,(H,17,19). The molecule has 20 heavy (non-hydrogen) atoms. The van der Waals surface area contributed by atoms with E-state index in [0.717, 1.165) is 18.2 Å². The number of rotatable bonds is 6. The minimum absolute atomic E-state index is 0.0588. The summed E-state index contributed by atoms with van der Waals surface area (Å²) in [5.74, 6) is -0.248. The van der Waals surface area contributed by atoms with E-state index in [1.165, 1.54) is 4.90 Å². The van der Waals surface area contributed by atoms with Gasteiger partial charge in [0.05, 0.1) is 10.6 Å². The Kier molecular flexibility index (Phi) is 7.02. The zero-order chi connectivity index (χ0) is 15.1. The van der Waals surface area contributed by atoms with E-state index >= 15 is 0 Å². The molecule has 1 aromatic rings. The number of hydrogen-bond donors (Lipinski definition) is 1. The molecule has 0 bridgehead atoms. The predicted molar refractivity (Wildman–Crippen MR) is 85.7 cm³/mol. The number of hydrogen-bond acceptors (Lipinski definition) is 2. The summed E-state index contributed by atoms with van der Waals surface area (Å²) in [5.41, 5.74) is 0.971. The Morgan fingerprint density at radius 3 is 2.60 bits per heavy atom. The summed E-state index contributed by atoms with van der Waals surface area (Å²) in [6.07, 6.45) is 2.25. The van der Waals surface area contributed by atoms with Gasteiger partial charge in [-0.05, 0) is 31.0 Å². The van der Waals surface area contributed by atoms with Gasteiger partial charge in [-0.1, -0.05) is 27.5 Å². The van der Waals surface area contributed by atoms with Crippen LogP contribution < -0.4 is 5.32 Å². The Balaban J connectivity index is 2.75. The lowest BCUT2D eigenvalue weighted by molar-refractivity contribution is -0.116. The molecule has 6 heteroatoms. The fraction of sp³-hybridized carbons (Fsp3) is 0.429. The van der Waals surface area contributed by atoms with Gasteiger partial charge < -0.3 is 10.2 Å². The zero-order valence-electron chi connectivity index (χ0n) is 11.6. The van der Waals surface area contributed by atoms with E-state index in [0.29, 0.717) is 22.7 Å². The van der Waals surface area contributed by atoms with Gasteiger partial charge in [-0.2, -0.15) is 0 Å². The monoisotopic (exact) mass is 360 g/mol. The van der Waals surface area contributed by atoms with Crippen molar-refractivity contribution in [3.8, 4) is 0 Å². The molecule has 1 rings (SSSR count). The van der Waals surface area contributed by atoms with Crippen molar-refractivity contribution < 1.29 is 9.59 Å². The van der Waals surface area contributed by atoms with Crippen LogP contribution in [0.5, 0.6) is 0 Å². The topological polar surface area (TPSA) is 49.4 Å². The first-order valence-corrected chi connectivity index (χ1v) is 7.82. The van der Waals surface area contributed by atoms with Gasteiger partial charge in [0.15, 0.2) is 0 Å². The van der Waals surface area contributed by atoms with Crippen molar-refractivity contribution in [1.29, 1.82) is 0 Å². The second-order valence-electron chi connectivity index (χ2n) is 4.59. The van der Waals surface area contributed by atoms with E-state index in [2.05, 4.69) is 21.2 Å². The first kappa shape index (κ1) is 17.0. The van der Waals surface area contributed by atoms with Crippen LogP contribution in [0.2, 0.25) is 5.02 Å². The Bertz CT molecular complexity index is 492. The third-order valence-electron chi connectivity index (χ3n) is 2.67. The van der Waals surface area contributed by atoms with Crippen molar-refractivity contribution in [3.05, 3.63) is 28.8 Å². The Hall–Kier alpha value is -1.07. The molecule has 0 heterocycles. The highest BCUT2D eigenvalue weighted by molar-refractivity contribution is 9.09. The van der Waals surface area contributed by atoms with Crippen molar-refractivity contribution >= 4 is 45.0 Å². The third kappa shape index (κ3) is 5.13. The lowest BCUT2D eigenvalue weighted by Gasteiger charge is -2.13. The molecule has 0 saturated carbocycles. The number of nitrogens with one attached hydrogen (secondary N) is 1. The number of alkyl halides is 1. The minimum Gasteiger partial charge on any atom is -0.345 e. The average Bonchev–Trinajstić information content (AvgIpc) is 2.40. The SMILES string of the molecule is CN(C)C(=O)c1cc(NC(=O)CCCCBr)ccc1Cl. The van der Waals surface area contributed by atoms with Gasteiger partial charge in [-0.3, -0.25) is 9.59 Å². The van der Waals surface area contributed by atoms with Crippen LogP contribution in [0, 0.1) is 0 Å². The molecule has 0 spiro atoms. The van der Waals surface area contributed by atoms with Crippen LogP contribution in [0.15, 0.2) is 18.2 Å². The molecule has 0 atom stereocenters. The summed E-state index contributed by atoms with van der Waals surface area (Å²) in [5, 5.41) is 4.05. The van der Waals surface area contributed by atoms with Crippen molar-refractivity contribution in [1.82, 2.24) is 4.90 Å². The third-order valence-corrected chi connectivity index (χ3v) is 3.56. The van der Waals surface area contributed by atoms with Gasteiger partial charge in [0.25, 0.3) is 5.91 Å². The van der Waals surface area contributed by atoms with Crippen molar-refractivity contribution in [3.63, 3.8) is 0 Å². The van der Waals surface area contributed by atoms with Crippen molar-refractivity contribution in [2.75, 3.05) is 24.7 Å². The van der Waals surface area contributed by atoms with Crippen LogP contribution in [-0.2, 0) is 4.79 Å². The number of carbonyl (C=O) groups is 2. The van der Waals surface area contributed by atoms with Crippen LogP contribution in [0.4, 0.5) is 5.69 Å². The number of unbranched alkanes of at least 4 members (excludes halogenated alkanes) is 1. The van der Waals surface area contributed by atoms with E-state index in [1.54, 1.807) is 32.3 Å². The molecule has 0 aromatic heterocycles. The largest absolute Gasteiger partial charge is 0.345 e. The van der Waals surface area contributed by atoms with Crippen molar-refractivity contribution in [2.45, 2.75) is 19.3 Å². The molecule has 1 aromatic carbocycles. The molecule has 0 aliphatic heterocycles. The molecule has 4 nitrogen and oxygen atoms in total. The van der Waals surface area contributed by atoms with E-state index in [1.807, 2.05) is 0 Å². The molecule has 0 aliphatic rings. The van der Waals surface area contributed by atoms with Gasteiger partial charge in [0.1, 0.15) is 0 Å². The molecule has 0 fully saturated rings. The maximum atomic E-state index is 11.9. The van der Waals surface area contributed by atoms with Crippen LogP contribution in [-0.4, -0.2) is 36.1 Å². The summed E-state index contributed by atoms with van der Waals surface area (Å²) in [7, 11) is 3.31. The normalized spacial score (nSPS) is 10.2. The summed E-state index contributed by atoms with van der Waals surface area (Å²) in [6.45, 7) is 0. The van der Waals surface area contributed by atoms with Gasteiger partial charge >= 0.3 is 0 Å². The molecular formula is C14H18BrClN2O2. The summed E-state index contributed by atoms with van der Waals surface area (Å²) in [4.78, 5) is 25.1. The maximum absolute atomic E-state index is 11.9.